The van der Waals surface area contributed by atoms with Gasteiger partial charge in [-0.2, -0.15) is 0 Å². The number of hydrogen-bond donors (Lipinski definition) is 2. The molecule has 1 atom stereocenters. The van der Waals surface area contributed by atoms with Gasteiger partial charge < -0.3 is 15.5 Å². The van der Waals surface area contributed by atoms with E-state index in [2.05, 4.69) is 42.5 Å². The molecule has 1 unspecified atom stereocenters. The Bertz CT molecular complexity index is 1280. The average molecular weight is 603 g/mol. The molecule has 35 heavy (non-hydrogen) atoms. The molecule has 3 amide bonds. The Kier molecular flexibility index (Phi) is 7.66. The van der Waals surface area contributed by atoms with E-state index in [9.17, 15) is 18.8 Å². The first-order valence-corrected chi connectivity index (χ1v) is 12.5. The SMILES string of the molecule is CC1Cc2c(Br)ccc(Br)c2CN1C(=O)C(=O)Nc1ccc(C(=O)NCc2ccc(F)cc2)cc1. The highest BCUT2D eigenvalue weighted by atomic mass is 79.9. The minimum Gasteiger partial charge on any atom is -0.348 e. The third-order valence-corrected chi connectivity index (χ3v) is 7.39. The van der Waals surface area contributed by atoms with Crippen LogP contribution in [0.15, 0.2) is 69.6 Å². The van der Waals surface area contributed by atoms with Gasteiger partial charge in [-0.25, -0.2) is 4.39 Å². The highest BCUT2D eigenvalue weighted by Crippen LogP contribution is 2.34. The van der Waals surface area contributed by atoms with Gasteiger partial charge in [0.05, 0.1) is 0 Å². The molecular weight excluding hydrogens is 581 g/mol. The van der Waals surface area contributed by atoms with Crippen molar-refractivity contribution in [2.75, 3.05) is 5.32 Å². The summed E-state index contributed by atoms with van der Waals surface area (Å²) in [6.07, 6.45) is 0.635. The van der Waals surface area contributed by atoms with E-state index in [4.69, 9.17) is 0 Å². The van der Waals surface area contributed by atoms with Crippen LogP contribution in [0, 0.1) is 5.82 Å². The summed E-state index contributed by atoms with van der Waals surface area (Å²) < 4.78 is 14.9. The van der Waals surface area contributed by atoms with Crippen LogP contribution in [0.2, 0.25) is 0 Å². The van der Waals surface area contributed by atoms with Crippen molar-refractivity contribution in [3.8, 4) is 0 Å². The van der Waals surface area contributed by atoms with E-state index in [0.29, 0.717) is 24.2 Å². The number of carbonyl (C=O) groups is 3. The number of halogens is 3. The summed E-state index contributed by atoms with van der Waals surface area (Å²) in [5, 5.41) is 5.38. The lowest BCUT2D eigenvalue weighted by molar-refractivity contribution is -0.145. The average Bonchev–Trinajstić information content (AvgIpc) is 2.85. The first kappa shape index (κ1) is 25.1. The molecule has 180 valence electrons. The van der Waals surface area contributed by atoms with Crippen LogP contribution in [0.1, 0.15) is 34.0 Å². The summed E-state index contributed by atoms with van der Waals surface area (Å²) in [7, 11) is 0. The van der Waals surface area contributed by atoms with Crippen LogP contribution in [0.4, 0.5) is 10.1 Å². The number of benzene rings is 3. The summed E-state index contributed by atoms with van der Waals surface area (Å²) in [5.74, 6) is -1.99. The van der Waals surface area contributed by atoms with Gasteiger partial charge in [0, 0.05) is 39.3 Å². The second kappa shape index (κ2) is 10.7. The van der Waals surface area contributed by atoms with E-state index in [-0.39, 0.29) is 24.3 Å². The van der Waals surface area contributed by atoms with Crippen LogP contribution >= 0.6 is 31.9 Å². The van der Waals surface area contributed by atoms with Crippen molar-refractivity contribution in [3.05, 3.63) is 97.7 Å². The van der Waals surface area contributed by atoms with E-state index >= 15 is 0 Å². The number of hydrogen-bond acceptors (Lipinski definition) is 3. The number of nitrogens with zero attached hydrogens (tertiary/aromatic N) is 1. The molecule has 0 saturated carbocycles. The fourth-order valence-corrected chi connectivity index (χ4v) is 4.97. The Hall–Kier alpha value is -3.04. The van der Waals surface area contributed by atoms with Gasteiger partial charge in [-0.05, 0) is 78.6 Å². The standard InChI is InChI=1S/C26H22Br2FN3O3/c1-15-12-20-21(23(28)11-10-22(20)27)14-32(15)26(35)25(34)31-19-8-4-17(5-9-19)24(33)30-13-16-2-6-18(29)7-3-16/h2-11,15H,12-14H2,1H3,(H,30,33)(H,31,34). The zero-order chi connectivity index (χ0) is 25.1. The lowest BCUT2D eigenvalue weighted by atomic mass is 9.94. The zero-order valence-corrected chi connectivity index (χ0v) is 22.0. The van der Waals surface area contributed by atoms with Crippen LogP contribution in [0.5, 0.6) is 0 Å². The second-order valence-corrected chi connectivity index (χ2v) is 10.0. The van der Waals surface area contributed by atoms with Crippen molar-refractivity contribution in [3.63, 3.8) is 0 Å². The lowest BCUT2D eigenvalue weighted by Crippen LogP contribution is -2.47. The van der Waals surface area contributed by atoms with Crippen molar-refractivity contribution in [1.82, 2.24) is 10.2 Å². The Morgan fingerprint density at radius 3 is 2.23 bits per heavy atom. The van der Waals surface area contributed by atoms with Gasteiger partial charge in [-0.1, -0.05) is 44.0 Å². The Labute approximate surface area is 219 Å². The van der Waals surface area contributed by atoms with E-state index in [0.717, 1.165) is 25.6 Å². The molecule has 1 aliphatic heterocycles. The zero-order valence-electron chi connectivity index (χ0n) is 18.8. The third kappa shape index (κ3) is 5.79. The summed E-state index contributed by atoms with van der Waals surface area (Å²) in [4.78, 5) is 39.6. The minimum atomic E-state index is -0.736. The summed E-state index contributed by atoms with van der Waals surface area (Å²) >= 11 is 7.11. The molecule has 0 spiro atoms. The summed E-state index contributed by atoms with van der Waals surface area (Å²) in [6.45, 7) is 2.51. The minimum absolute atomic E-state index is 0.140. The van der Waals surface area contributed by atoms with Gasteiger partial charge in [0.25, 0.3) is 5.91 Å². The monoisotopic (exact) mass is 601 g/mol. The molecule has 6 nitrogen and oxygen atoms in total. The molecule has 1 aliphatic rings. The summed E-state index contributed by atoms with van der Waals surface area (Å²) in [5.41, 5.74) is 3.69. The molecule has 3 aromatic carbocycles. The van der Waals surface area contributed by atoms with Crippen LogP contribution in [-0.4, -0.2) is 28.7 Å². The number of nitrogens with one attached hydrogen (secondary N) is 2. The maximum absolute atomic E-state index is 13.0. The van der Waals surface area contributed by atoms with Gasteiger partial charge >= 0.3 is 11.8 Å². The van der Waals surface area contributed by atoms with Crippen molar-refractivity contribution < 1.29 is 18.8 Å². The quantitative estimate of drug-likeness (QED) is 0.403. The smallest absolute Gasteiger partial charge is 0.313 e. The van der Waals surface area contributed by atoms with Gasteiger partial charge in [0.15, 0.2) is 0 Å². The molecule has 2 N–H and O–H groups in total. The van der Waals surface area contributed by atoms with Crippen LogP contribution in [0.25, 0.3) is 0 Å². The van der Waals surface area contributed by atoms with Crippen molar-refractivity contribution in [2.24, 2.45) is 0 Å². The molecule has 0 aliphatic carbocycles. The molecular formula is C26H22Br2FN3O3. The number of rotatable bonds is 4. The van der Waals surface area contributed by atoms with Gasteiger partial charge in [0.2, 0.25) is 0 Å². The Morgan fingerprint density at radius 1 is 0.943 bits per heavy atom. The highest BCUT2D eigenvalue weighted by molar-refractivity contribution is 9.11. The van der Waals surface area contributed by atoms with E-state index in [1.807, 2.05) is 19.1 Å². The number of amides is 3. The predicted molar refractivity (Wildman–Crippen MR) is 138 cm³/mol. The van der Waals surface area contributed by atoms with Crippen molar-refractivity contribution in [2.45, 2.75) is 32.5 Å². The molecule has 0 fully saturated rings. The van der Waals surface area contributed by atoms with E-state index in [1.54, 1.807) is 41.3 Å². The molecule has 0 saturated heterocycles. The predicted octanol–water partition coefficient (Wildman–Crippen LogP) is 5.19. The molecule has 4 rings (SSSR count). The fraction of sp³-hybridized carbons (Fsp3) is 0.192. The third-order valence-electron chi connectivity index (χ3n) is 5.90. The number of anilines is 1. The van der Waals surface area contributed by atoms with Gasteiger partial charge in [-0.3, -0.25) is 14.4 Å². The maximum Gasteiger partial charge on any atom is 0.313 e. The largest absolute Gasteiger partial charge is 0.348 e. The topological polar surface area (TPSA) is 78.5 Å². The first-order valence-electron chi connectivity index (χ1n) is 10.9. The highest BCUT2D eigenvalue weighted by Gasteiger charge is 2.32. The molecule has 0 aromatic heterocycles. The Morgan fingerprint density at radius 2 is 1.57 bits per heavy atom. The van der Waals surface area contributed by atoms with E-state index < -0.39 is 11.8 Å². The molecule has 0 radical (unpaired) electrons. The van der Waals surface area contributed by atoms with Crippen LogP contribution < -0.4 is 10.6 Å². The maximum atomic E-state index is 13.0. The molecule has 9 heteroatoms. The second-order valence-electron chi connectivity index (χ2n) is 8.31. The van der Waals surface area contributed by atoms with Crippen molar-refractivity contribution >= 4 is 55.3 Å². The summed E-state index contributed by atoms with van der Waals surface area (Å²) in [6, 6.07) is 15.9. The molecule has 1 heterocycles. The molecule has 0 bridgehead atoms. The first-order chi connectivity index (χ1) is 16.7. The normalized spacial score (nSPS) is 14.7. The lowest BCUT2D eigenvalue weighted by Gasteiger charge is -2.35. The Balaban J connectivity index is 1.36. The van der Waals surface area contributed by atoms with Crippen LogP contribution in [-0.2, 0) is 29.1 Å². The van der Waals surface area contributed by atoms with Gasteiger partial charge in [-0.15, -0.1) is 0 Å². The van der Waals surface area contributed by atoms with Crippen molar-refractivity contribution in [1.29, 1.82) is 0 Å². The fourth-order valence-electron chi connectivity index (χ4n) is 3.94. The van der Waals surface area contributed by atoms with Crippen LogP contribution in [0.3, 0.4) is 0 Å². The number of carbonyl (C=O) groups excluding carboxylic acids is 3. The molecule has 3 aromatic rings. The van der Waals surface area contributed by atoms with Gasteiger partial charge in [0.1, 0.15) is 5.82 Å². The van der Waals surface area contributed by atoms with E-state index in [1.165, 1.54) is 12.1 Å². The number of fused-ring (bicyclic) bond motifs is 1.